The van der Waals surface area contributed by atoms with Gasteiger partial charge in [-0.3, -0.25) is 4.98 Å². The van der Waals surface area contributed by atoms with E-state index in [-0.39, 0.29) is 5.54 Å². The van der Waals surface area contributed by atoms with Gasteiger partial charge in [-0.05, 0) is 60.5 Å². The normalized spacial score (nSPS) is 11.5. The number of halogens is 2. The lowest BCUT2D eigenvalue weighted by Crippen LogP contribution is -2.35. The van der Waals surface area contributed by atoms with Gasteiger partial charge in [0.15, 0.2) is 0 Å². The third-order valence-corrected chi connectivity index (χ3v) is 3.92. The van der Waals surface area contributed by atoms with Crippen LogP contribution in [0.25, 0.3) is 0 Å². The first-order chi connectivity index (χ1) is 9.83. The Bertz CT molecular complexity index is 624. The maximum absolute atomic E-state index is 5.80. The van der Waals surface area contributed by atoms with Crippen molar-refractivity contribution in [2.75, 3.05) is 0 Å². The fraction of sp³-hybridized carbons (Fsp3) is 0.312. The monoisotopic (exact) mass is 412 g/mol. The van der Waals surface area contributed by atoms with Crippen molar-refractivity contribution in [1.82, 2.24) is 10.3 Å². The zero-order chi connectivity index (χ0) is 15.5. The second-order valence-electron chi connectivity index (χ2n) is 5.80. The van der Waals surface area contributed by atoms with Crippen molar-refractivity contribution in [1.29, 1.82) is 0 Å². The van der Waals surface area contributed by atoms with Gasteiger partial charge in [0.25, 0.3) is 0 Å². The molecule has 0 saturated heterocycles. The number of benzene rings is 1. The van der Waals surface area contributed by atoms with Crippen LogP contribution in [0.2, 0.25) is 0 Å². The minimum atomic E-state index is 0.0938. The van der Waals surface area contributed by atoms with Gasteiger partial charge in [-0.15, -0.1) is 0 Å². The zero-order valence-electron chi connectivity index (χ0n) is 12.3. The predicted octanol–water partition coefficient (Wildman–Crippen LogP) is 5.29. The molecule has 0 atom stereocenters. The van der Waals surface area contributed by atoms with E-state index in [2.05, 4.69) is 69.0 Å². The van der Waals surface area contributed by atoms with Crippen LogP contribution < -0.4 is 10.1 Å². The average Bonchev–Trinajstić information content (AvgIpc) is 2.36. The summed E-state index contributed by atoms with van der Waals surface area (Å²) in [6.45, 7) is 7.26. The van der Waals surface area contributed by atoms with E-state index in [0.717, 1.165) is 21.2 Å². The minimum Gasteiger partial charge on any atom is -0.456 e. The topological polar surface area (TPSA) is 34.1 Å². The Morgan fingerprint density at radius 2 is 1.86 bits per heavy atom. The quantitative estimate of drug-likeness (QED) is 0.739. The van der Waals surface area contributed by atoms with E-state index in [4.69, 9.17) is 4.74 Å². The van der Waals surface area contributed by atoms with Crippen LogP contribution in [0.3, 0.4) is 0 Å². The molecule has 3 nitrogen and oxygen atoms in total. The molecule has 0 saturated carbocycles. The third-order valence-electron chi connectivity index (χ3n) is 2.75. The lowest BCUT2D eigenvalue weighted by molar-refractivity contribution is 0.423. The summed E-state index contributed by atoms with van der Waals surface area (Å²) >= 11 is 6.98. The lowest BCUT2D eigenvalue weighted by atomic mass is 10.1. The molecule has 0 unspecified atom stereocenters. The molecule has 1 heterocycles. The maximum Gasteiger partial charge on any atom is 0.146 e. The van der Waals surface area contributed by atoms with Gasteiger partial charge in [-0.1, -0.05) is 22.0 Å². The highest BCUT2D eigenvalue weighted by atomic mass is 79.9. The van der Waals surface area contributed by atoms with Crippen LogP contribution in [0.4, 0.5) is 0 Å². The zero-order valence-corrected chi connectivity index (χ0v) is 15.5. The lowest BCUT2D eigenvalue weighted by Gasteiger charge is -2.21. The number of nitrogens with zero attached hydrogens (tertiary/aromatic N) is 1. The van der Waals surface area contributed by atoms with Crippen molar-refractivity contribution >= 4 is 31.9 Å². The molecule has 0 bridgehead atoms. The number of aromatic nitrogens is 1. The summed E-state index contributed by atoms with van der Waals surface area (Å²) < 4.78 is 7.72. The summed E-state index contributed by atoms with van der Waals surface area (Å²) in [4.78, 5) is 4.08. The summed E-state index contributed by atoms with van der Waals surface area (Å²) in [6.07, 6.45) is 3.41. The fourth-order valence-electron chi connectivity index (χ4n) is 1.68. The Morgan fingerprint density at radius 1 is 1.10 bits per heavy atom. The van der Waals surface area contributed by atoms with Crippen molar-refractivity contribution in [2.45, 2.75) is 32.9 Å². The molecule has 21 heavy (non-hydrogen) atoms. The van der Waals surface area contributed by atoms with Crippen molar-refractivity contribution in [3.8, 4) is 11.5 Å². The molecule has 112 valence electrons. The van der Waals surface area contributed by atoms with E-state index in [1.54, 1.807) is 12.4 Å². The van der Waals surface area contributed by atoms with Gasteiger partial charge in [0, 0.05) is 27.2 Å². The van der Waals surface area contributed by atoms with Gasteiger partial charge in [0.05, 0.1) is 6.20 Å². The fourth-order valence-corrected chi connectivity index (χ4v) is 2.52. The smallest absolute Gasteiger partial charge is 0.146 e. The Morgan fingerprint density at radius 3 is 2.48 bits per heavy atom. The first-order valence-corrected chi connectivity index (χ1v) is 8.24. The Hall–Kier alpha value is -0.910. The van der Waals surface area contributed by atoms with Gasteiger partial charge in [-0.25, -0.2) is 0 Å². The van der Waals surface area contributed by atoms with E-state index in [0.29, 0.717) is 5.75 Å². The molecule has 1 N–H and O–H groups in total. The molecule has 0 radical (unpaired) electrons. The molecule has 0 amide bonds. The number of pyridine rings is 1. The SMILES string of the molecule is CC(C)(C)NCc1ccc(Oc2cncc(Br)c2)cc1Br. The van der Waals surface area contributed by atoms with Gasteiger partial charge in [0.1, 0.15) is 11.5 Å². The number of hydrogen-bond donors (Lipinski definition) is 1. The van der Waals surface area contributed by atoms with Crippen LogP contribution in [0.5, 0.6) is 11.5 Å². The molecular formula is C16H18Br2N2O. The Kier molecular flexibility index (Phi) is 5.41. The summed E-state index contributed by atoms with van der Waals surface area (Å²) in [5, 5.41) is 3.47. The molecule has 0 aliphatic heterocycles. The highest BCUT2D eigenvalue weighted by Gasteiger charge is 2.10. The molecule has 1 aromatic heterocycles. The second kappa shape index (κ2) is 6.90. The standard InChI is InChI=1S/C16H18Br2N2O/c1-16(2,3)20-8-11-4-5-13(7-15(11)18)21-14-6-12(17)9-19-10-14/h4-7,9-10,20H,8H2,1-3H3. The highest BCUT2D eigenvalue weighted by Crippen LogP contribution is 2.28. The molecule has 0 aliphatic rings. The first-order valence-electron chi connectivity index (χ1n) is 6.65. The van der Waals surface area contributed by atoms with Crippen molar-refractivity contribution in [3.63, 3.8) is 0 Å². The average molecular weight is 414 g/mol. The number of nitrogens with one attached hydrogen (secondary N) is 1. The highest BCUT2D eigenvalue weighted by molar-refractivity contribution is 9.10. The molecule has 2 rings (SSSR count). The number of hydrogen-bond acceptors (Lipinski definition) is 3. The van der Waals surface area contributed by atoms with Crippen LogP contribution in [0, 0.1) is 0 Å². The van der Waals surface area contributed by atoms with Crippen molar-refractivity contribution in [3.05, 3.63) is 51.2 Å². The Labute approximate surface area is 142 Å². The van der Waals surface area contributed by atoms with Crippen LogP contribution in [0.15, 0.2) is 45.6 Å². The third kappa shape index (κ3) is 5.41. The van der Waals surface area contributed by atoms with Gasteiger partial charge in [-0.2, -0.15) is 0 Å². The van der Waals surface area contributed by atoms with Gasteiger partial charge < -0.3 is 10.1 Å². The van der Waals surface area contributed by atoms with Crippen LogP contribution in [-0.2, 0) is 6.54 Å². The van der Waals surface area contributed by atoms with E-state index in [1.807, 2.05) is 18.2 Å². The van der Waals surface area contributed by atoms with Gasteiger partial charge >= 0.3 is 0 Å². The molecule has 5 heteroatoms. The Balaban J connectivity index is 2.08. The summed E-state index contributed by atoms with van der Waals surface area (Å²) in [7, 11) is 0. The second-order valence-corrected chi connectivity index (χ2v) is 7.57. The van der Waals surface area contributed by atoms with E-state index >= 15 is 0 Å². The molecule has 2 aromatic rings. The van der Waals surface area contributed by atoms with Crippen molar-refractivity contribution < 1.29 is 4.74 Å². The van der Waals surface area contributed by atoms with E-state index in [9.17, 15) is 0 Å². The molecule has 1 aromatic carbocycles. The van der Waals surface area contributed by atoms with Crippen LogP contribution >= 0.6 is 31.9 Å². The van der Waals surface area contributed by atoms with Crippen LogP contribution in [0.1, 0.15) is 26.3 Å². The first kappa shape index (κ1) is 16.5. The minimum absolute atomic E-state index is 0.0938. The van der Waals surface area contributed by atoms with Crippen LogP contribution in [-0.4, -0.2) is 10.5 Å². The molecule has 0 spiro atoms. The largest absolute Gasteiger partial charge is 0.456 e. The molecule has 0 aliphatic carbocycles. The summed E-state index contributed by atoms with van der Waals surface area (Å²) in [5.41, 5.74) is 1.29. The van der Waals surface area contributed by atoms with E-state index < -0.39 is 0 Å². The van der Waals surface area contributed by atoms with Gasteiger partial charge in [0.2, 0.25) is 0 Å². The van der Waals surface area contributed by atoms with E-state index in [1.165, 1.54) is 5.56 Å². The summed E-state index contributed by atoms with van der Waals surface area (Å²) in [5.74, 6) is 1.48. The molecular weight excluding hydrogens is 396 g/mol. The maximum atomic E-state index is 5.80. The number of rotatable bonds is 4. The summed E-state index contributed by atoms with van der Waals surface area (Å²) in [6, 6.07) is 7.88. The molecule has 0 fully saturated rings. The number of ether oxygens (including phenoxy) is 1. The van der Waals surface area contributed by atoms with Crippen molar-refractivity contribution in [2.24, 2.45) is 0 Å². The predicted molar refractivity (Wildman–Crippen MR) is 92.7 cm³/mol.